The number of aromatic nitrogens is 4. The highest BCUT2D eigenvalue weighted by atomic mass is 32.1. The Morgan fingerprint density at radius 2 is 2.28 bits per heavy atom. The number of aromatic amines is 1. The molecule has 0 amide bonds. The predicted octanol–water partition coefficient (Wildman–Crippen LogP) is 1.86. The van der Waals surface area contributed by atoms with Crippen LogP contribution in [0.15, 0.2) is 5.51 Å². The molecule has 0 spiro atoms. The average molecular weight is 286 g/mol. The van der Waals surface area contributed by atoms with Gasteiger partial charge in [-0.05, 0) is 12.2 Å². The topological polar surface area (TPSA) is 65.0 Å². The second-order valence-corrected chi connectivity index (χ2v) is 4.80. The maximum Gasteiger partial charge on any atom is 0.195 e. The van der Waals surface area contributed by atoms with Crippen LogP contribution in [0.2, 0.25) is 0 Å². The van der Waals surface area contributed by atoms with Crippen molar-refractivity contribution in [3.63, 3.8) is 0 Å². The Labute approximate surface area is 114 Å². The van der Waals surface area contributed by atoms with Crippen LogP contribution in [-0.4, -0.2) is 40.6 Å². The third-order valence-electron chi connectivity index (χ3n) is 2.40. The fourth-order valence-corrected chi connectivity index (χ4v) is 2.59. The molecule has 0 atom stereocenters. The molecular weight excluding hydrogens is 272 g/mol. The van der Waals surface area contributed by atoms with Crippen LogP contribution in [-0.2, 0) is 22.6 Å². The van der Waals surface area contributed by atoms with E-state index >= 15 is 0 Å². The van der Waals surface area contributed by atoms with Gasteiger partial charge in [0.15, 0.2) is 10.6 Å². The molecule has 98 valence electrons. The number of methoxy groups -OCH3 is 2. The molecule has 0 saturated carbocycles. The molecule has 0 unspecified atom stereocenters. The number of nitrogens with zero attached hydrogens (tertiary/aromatic N) is 3. The molecule has 0 fully saturated rings. The first-order chi connectivity index (χ1) is 8.77. The van der Waals surface area contributed by atoms with Crippen LogP contribution < -0.4 is 0 Å². The zero-order chi connectivity index (χ0) is 13.0. The van der Waals surface area contributed by atoms with Crippen molar-refractivity contribution < 1.29 is 9.47 Å². The van der Waals surface area contributed by atoms with Crippen molar-refractivity contribution in [1.82, 2.24) is 19.7 Å². The van der Waals surface area contributed by atoms with E-state index in [4.69, 9.17) is 21.7 Å². The minimum atomic E-state index is 0.461. The minimum Gasteiger partial charge on any atom is -0.383 e. The summed E-state index contributed by atoms with van der Waals surface area (Å²) in [5.74, 6) is 0.784. The molecular formula is C10H14N4O2S2. The smallest absolute Gasteiger partial charge is 0.195 e. The molecule has 1 N–H and O–H groups in total. The van der Waals surface area contributed by atoms with Gasteiger partial charge in [-0.1, -0.05) is 0 Å². The van der Waals surface area contributed by atoms with Gasteiger partial charge in [-0.3, -0.25) is 9.67 Å². The molecule has 2 rings (SSSR count). The molecule has 0 aliphatic carbocycles. The zero-order valence-electron chi connectivity index (χ0n) is 10.2. The summed E-state index contributed by atoms with van der Waals surface area (Å²) in [6.45, 7) is 1.70. The molecule has 0 saturated heterocycles. The normalized spacial score (nSPS) is 11.0. The molecule has 0 aromatic carbocycles. The van der Waals surface area contributed by atoms with Crippen molar-refractivity contribution in [2.24, 2.45) is 0 Å². The molecule has 2 aromatic heterocycles. The predicted molar refractivity (Wildman–Crippen MR) is 71.1 cm³/mol. The van der Waals surface area contributed by atoms with Gasteiger partial charge in [0.1, 0.15) is 0 Å². The number of ether oxygens (including phenoxy) is 2. The fraction of sp³-hybridized carbons (Fsp3) is 0.500. The van der Waals surface area contributed by atoms with Gasteiger partial charge in [-0.2, -0.15) is 5.10 Å². The van der Waals surface area contributed by atoms with Gasteiger partial charge < -0.3 is 9.47 Å². The molecule has 2 aromatic rings. The molecule has 2 heterocycles. The number of nitrogens with one attached hydrogen (secondary N) is 1. The highest BCUT2D eigenvalue weighted by Crippen LogP contribution is 2.26. The number of hydrogen-bond acceptors (Lipinski definition) is 6. The second kappa shape index (κ2) is 6.19. The number of hydrogen-bond donors (Lipinski definition) is 1. The summed E-state index contributed by atoms with van der Waals surface area (Å²) < 4.78 is 12.7. The standard InChI is InChI=1S/C10H14N4O2S2/c1-15-4-3-14-9(12-13-10(14)17)8-7(5-16-2)11-6-18-8/h6H,3-5H2,1-2H3,(H,13,17). The summed E-state index contributed by atoms with van der Waals surface area (Å²) in [7, 11) is 3.30. The van der Waals surface area contributed by atoms with E-state index in [1.165, 1.54) is 11.3 Å². The van der Waals surface area contributed by atoms with Crippen LogP contribution in [0.4, 0.5) is 0 Å². The van der Waals surface area contributed by atoms with Crippen LogP contribution in [0.5, 0.6) is 0 Å². The summed E-state index contributed by atoms with van der Waals surface area (Å²) in [4.78, 5) is 5.25. The lowest BCUT2D eigenvalue weighted by Crippen LogP contribution is -2.06. The largest absolute Gasteiger partial charge is 0.383 e. The van der Waals surface area contributed by atoms with Gasteiger partial charge in [-0.25, -0.2) is 4.98 Å². The molecule has 18 heavy (non-hydrogen) atoms. The van der Waals surface area contributed by atoms with Crippen molar-refractivity contribution in [2.45, 2.75) is 13.2 Å². The van der Waals surface area contributed by atoms with Crippen molar-refractivity contribution in [2.75, 3.05) is 20.8 Å². The van der Waals surface area contributed by atoms with Crippen molar-refractivity contribution in [3.8, 4) is 10.7 Å². The van der Waals surface area contributed by atoms with Gasteiger partial charge in [0.2, 0.25) is 0 Å². The third kappa shape index (κ3) is 2.66. The highest BCUT2D eigenvalue weighted by molar-refractivity contribution is 7.71. The summed E-state index contributed by atoms with van der Waals surface area (Å²) in [6.07, 6.45) is 0. The molecule has 0 radical (unpaired) electrons. The van der Waals surface area contributed by atoms with Gasteiger partial charge in [0.05, 0.1) is 35.8 Å². The lowest BCUT2D eigenvalue weighted by molar-refractivity contribution is 0.182. The Balaban J connectivity index is 2.37. The van der Waals surface area contributed by atoms with Crippen molar-refractivity contribution >= 4 is 23.6 Å². The van der Waals surface area contributed by atoms with Gasteiger partial charge in [-0.15, -0.1) is 11.3 Å². The van der Waals surface area contributed by atoms with Crippen molar-refractivity contribution in [1.29, 1.82) is 0 Å². The fourth-order valence-electron chi connectivity index (χ4n) is 1.57. The quantitative estimate of drug-likeness (QED) is 0.821. The molecule has 0 aliphatic rings. The molecule has 0 bridgehead atoms. The maximum absolute atomic E-state index is 5.21. The first kappa shape index (κ1) is 13.3. The summed E-state index contributed by atoms with van der Waals surface area (Å²) >= 11 is 6.73. The van der Waals surface area contributed by atoms with E-state index < -0.39 is 0 Å². The first-order valence-electron chi connectivity index (χ1n) is 5.33. The monoisotopic (exact) mass is 286 g/mol. The minimum absolute atomic E-state index is 0.461. The molecule has 8 heteroatoms. The van der Waals surface area contributed by atoms with E-state index in [0.717, 1.165) is 16.4 Å². The Morgan fingerprint density at radius 1 is 1.44 bits per heavy atom. The van der Waals surface area contributed by atoms with Crippen LogP contribution in [0, 0.1) is 4.77 Å². The lowest BCUT2D eigenvalue weighted by atomic mass is 10.3. The number of rotatable bonds is 6. The van der Waals surface area contributed by atoms with Crippen LogP contribution >= 0.6 is 23.6 Å². The van der Waals surface area contributed by atoms with Gasteiger partial charge in [0, 0.05) is 14.2 Å². The second-order valence-electron chi connectivity index (χ2n) is 3.56. The SMILES string of the molecule is COCCn1c(-c2scnc2COC)n[nH]c1=S. The Bertz CT molecular complexity index is 560. The Hall–Kier alpha value is -1.09. The summed E-state index contributed by atoms with van der Waals surface area (Å²) in [6, 6.07) is 0. The van der Waals surface area contributed by atoms with Crippen LogP contribution in [0.25, 0.3) is 10.7 Å². The van der Waals surface area contributed by atoms with Crippen LogP contribution in [0.1, 0.15) is 5.69 Å². The molecule has 6 nitrogen and oxygen atoms in total. The first-order valence-corrected chi connectivity index (χ1v) is 6.62. The third-order valence-corrected chi connectivity index (χ3v) is 3.58. The van der Waals surface area contributed by atoms with Gasteiger partial charge >= 0.3 is 0 Å². The van der Waals surface area contributed by atoms with Gasteiger partial charge in [0.25, 0.3) is 0 Å². The lowest BCUT2D eigenvalue weighted by Gasteiger charge is -2.05. The number of H-pyrrole nitrogens is 1. The number of thiazole rings is 1. The average Bonchev–Trinajstić information content (AvgIpc) is 2.94. The summed E-state index contributed by atoms with van der Waals surface area (Å²) in [5, 5.41) is 7.06. The van der Waals surface area contributed by atoms with E-state index in [2.05, 4.69) is 15.2 Å². The summed E-state index contributed by atoms with van der Waals surface area (Å²) in [5.41, 5.74) is 2.65. The van der Waals surface area contributed by atoms with Crippen LogP contribution in [0.3, 0.4) is 0 Å². The maximum atomic E-state index is 5.21. The van der Waals surface area contributed by atoms with Crippen molar-refractivity contribution in [3.05, 3.63) is 16.0 Å². The van der Waals surface area contributed by atoms with E-state index in [1.54, 1.807) is 19.7 Å². The molecule has 0 aliphatic heterocycles. The van der Waals surface area contributed by atoms with E-state index in [-0.39, 0.29) is 0 Å². The zero-order valence-corrected chi connectivity index (χ0v) is 11.8. The Kier molecular flexibility index (Phi) is 4.59. The van der Waals surface area contributed by atoms with E-state index in [1.807, 2.05) is 4.57 Å². The van der Waals surface area contributed by atoms with E-state index in [0.29, 0.717) is 24.5 Å². The highest BCUT2D eigenvalue weighted by Gasteiger charge is 2.15. The van der Waals surface area contributed by atoms with E-state index in [9.17, 15) is 0 Å². The Morgan fingerprint density at radius 3 is 3.00 bits per heavy atom.